The van der Waals surface area contributed by atoms with Gasteiger partial charge in [0.2, 0.25) is 5.91 Å². The molecule has 4 heteroatoms. The molecule has 0 aliphatic heterocycles. The van der Waals surface area contributed by atoms with E-state index < -0.39 is 6.10 Å². The van der Waals surface area contributed by atoms with Gasteiger partial charge in [0.05, 0.1) is 12.7 Å². The van der Waals surface area contributed by atoms with Gasteiger partial charge in [0.1, 0.15) is 0 Å². The molecule has 0 aromatic rings. The standard InChI is InChI=1S/C10H21NO3/c1-8(12)7-10(2,3)11-9(13)5-6-14-4/h8,12H,5-7H2,1-4H3,(H,11,13). The number of hydrogen-bond donors (Lipinski definition) is 2. The van der Waals surface area contributed by atoms with Crippen molar-refractivity contribution in [2.45, 2.75) is 45.3 Å². The molecule has 0 spiro atoms. The Balaban J connectivity index is 3.89. The van der Waals surface area contributed by atoms with E-state index in [1.54, 1.807) is 14.0 Å². The first-order valence-electron chi connectivity index (χ1n) is 4.85. The highest BCUT2D eigenvalue weighted by molar-refractivity contribution is 5.76. The van der Waals surface area contributed by atoms with Gasteiger partial charge in [0.25, 0.3) is 0 Å². The molecule has 0 heterocycles. The van der Waals surface area contributed by atoms with E-state index in [9.17, 15) is 9.90 Å². The summed E-state index contributed by atoms with van der Waals surface area (Å²) >= 11 is 0. The Morgan fingerprint density at radius 1 is 1.57 bits per heavy atom. The van der Waals surface area contributed by atoms with Crippen LogP contribution in [-0.4, -0.2) is 36.4 Å². The summed E-state index contributed by atoms with van der Waals surface area (Å²) in [5.74, 6) is -0.0440. The molecule has 0 rings (SSSR count). The van der Waals surface area contributed by atoms with Crippen LogP contribution in [0.15, 0.2) is 0 Å². The number of carbonyl (C=O) groups is 1. The van der Waals surface area contributed by atoms with Crippen molar-refractivity contribution in [3.05, 3.63) is 0 Å². The number of amides is 1. The third kappa shape index (κ3) is 6.86. The van der Waals surface area contributed by atoms with E-state index in [1.807, 2.05) is 13.8 Å². The highest BCUT2D eigenvalue weighted by Crippen LogP contribution is 2.11. The minimum atomic E-state index is -0.410. The third-order valence-electron chi connectivity index (χ3n) is 1.82. The molecule has 0 aromatic heterocycles. The van der Waals surface area contributed by atoms with E-state index in [0.717, 1.165) is 0 Å². The van der Waals surface area contributed by atoms with Gasteiger partial charge in [0.15, 0.2) is 0 Å². The normalized spacial score (nSPS) is 13.8. The minimum Gasteiger partial charge on any atom is -0.393 e. The van der Waals surface area contributed by atoms with E-state index in [0.29, 0.717) is 19.4 Å². The van der Waals surface area contributed by atoms with Gasteiger partial charge in [-0.3, -0.25) is 4.79 Å². The van der Waals surface area contributed by atoms with Crippen LogP contribution in [-0.2, 0) is 9.53 Å². The summed E-state index contributed by atoms with van der Waals surface area (Å²) in [7, 11) is 1.56. The van der Waals surface area contributed by atoms with Gasteiger partial charge in [-0.2, -0.15) is 0 Å². The zero-order valence-corrected chi connectivity index (χ0v) is 9.46. The molecular formula is C10H21NO3. The van der Waals surface area contributed by atoms with Crippen molar-refractivity contribution >= 4 is 5.91 Å². The van der Waals surface area contributed by atoms with Crippen molar-refractivity contribution in [1.29, 1.82) is 0 Å². The van der Waals surface area contributed by atoms with Crippen LogP contribution in [0.25, 0.3) is 0 Å². The van der Waals surface area contributed by atoms with Gasteiger partial charge in [-0.05, 0) is 27.2 Å². The lowest BCUT2D eigenvalue weighted by Gasteiger charge is -2.27. The number of carbonyl (C=O) groups excluding carboxylic acids is 1. The Morgan fingerprint density at radius 2 is 2.14 bits per heavy atom. The number of aliphatic hydroxyl groups is 1. The molecule has 84 valence electrons. The number of rotatable bonds is 6. The molecule has 0 fully saturated rings. The Hall–Kier alpha value is -0.610. The molecule has 0 aliphatic rings. The van der Waals surface area contributed by atoms with Gasteiger partial charge < -0.3 is 15.2 Å². The maximum atomic E-state index is 11.3. The highest BCUT2D eigenvalue weighted by atomic mass is 16.5. The summed E-state index contributed by atoms with van der Waals surface area (Å²) in [6, 6.07) is 0. The number of aliphatic hydroxyl groups excluding tert-OH is 1. The van der Waals surface area contributed by atoms with Crippen molar-refractivity contribution in [3.8, 4) is 0 Å². The zero-order chi connectivity index (χ0) is 11.2. The van der Waals surface area contributed by atoms with Crippen LogP contribution in [0.4, 0.5) is 0 Å². The van der Waals surface area contributed by atoms with E-state index in [-0.39, 0.29) is 11.4 Å². The van der Waals surface area contributed by atoms with Crippen LogP contribution < -0.4 is 5.32 Å². The Kier molecular flexibility index (Phi) is 5.72. The monoisotopic (exact) mass is 203 g/mol. The first kappa shape index (κ1) is 13.4. The van der Waals surface area contributed by atoms with Gasteiger partial charge >= 0.3 is 0 Å². The molecule has 0 bridgehead atoms. The number of hydrogen-bond acceptors (Lipinski definition) is 3. The molecule has 2 N–H and O–H groups in total. The SMILES string of the molecule is COCCC(=O)NC(C)(C)CC(C)O. The Bertz CT molecular complexity index is 178. The highest BCUT2D eigenvalue weighted by Gasteiger charge is 2.21. The molecule has 0 aromatic carbocycles. The third-order valence-corrected chi connectivity index (χ3v) is 1.82. The molecule has 4 nitrogen and oxygen atoms in total. The largest absolute Gasteiger partial charge is 0.393 e. The average molecular weight is 203 g/mol. The predicted octanol–water partition coefficient (Wildman–Crippen LogP) is 0.689. The molecular weight excluding hydrogens is 182 g/mol. The first-order valence-corrected chi connectivity index (χ1v) is 4.85. The Labute approximate surface area is 85.6 Å². The van der Waals surface area contributed by atoms with E-state index >= 15 is 0 Å². The predicted molar refractivity (Wildman–Crippen MR) is 55.0 cm³/mol. The summed E-state index contributed by atoms with van der Waals surface area (Å²) in [5, 5.41) is 12.0. The summed E-state index contributed by atoms with van der Waals surface area (Å²) in [6.07, 6.45) is 0.499. The van der Waals surface area contributed by atoms with Crippen LogP contribution in [0, 0.1) is 0 Å². The Morgan fingerprint density at radius 3 is 2.57 bits per heavy atom. The molecule has 0 radical (unpaired) electrons. The lowest BCUT2D eigenvalue weighted by Crippen LogP contribution is -2.45. The maximum Gasteiger partial charge on any atom is 0.222 e. The van der Waals surface area contributed by atoms with E-state index in [4.69, 9.17) is 4.74 Å². The molecule has 1 unspecified atom stereocenters. The topological polar surface area (TPSA) is 58.6 Å². The number of methoxy groups -OCH3 is 1. The summed E-state index contributed by atoms with van der Waals surface area (Å²) in [6.45, 7) is 5.93. The second-order valence-electron chi connectivity index (χ2n) is 4.23. The van der Waals surface area contributed by atoms with Crippen molar-refractivity contribution in [2.75, 3.05) is 13.7 Å². The molecule has 1 amide bonds. The molecule has 14 heavy (non-hydrogen) atoms. The fourth-order valence-electron chi connectivity index (χ4n) is 1.42. The van der Waals surface area contributed by atoms with Crippen LogP contribution in [0.5, 0.6) is 0 Å². The van der Waals surface area contributed by atoms with Crippen LogP contribution >= 0.6 is 0 Å². The smallest absolute Gasteiger partial charge is 0.222 e. The van der Waals surface area contributed by atoms with Gasteiger partial charge in [0, 0.05) is 19.1 Å². The van der Waals surface area contributed by atoms with Gasteiger partial charge in [-0.1, -0.05) is 0 Å². The summed E-state index contributed by atoms with van der Waals surface area (Å²) < 4.78 is 4.80. The summed E-state index contributed by atoms with van der Waals surface area (Å²) in [5.41, 5.74) is -0.362. The molecule has 0 aliphatic carbocycles. The minimum absolute atomic E-state index is 0.0440. The number of nitrogens with one attached hydrogen (secondary N) is 1. The van der Waals surface area contributed by atoms with Gasteiger partial charge in [-0.15, -0.1) is 0 Å². The second kappa shape index (κ2) is 5.98. The summed E-state index contributed by atoms with van der Waals surface area (Å²) in [4.78, 5) is 11.3. The number of ether oxygens (including phenoxy) is 1. The lowest BCUT2D eigenvalue weighted by molar-refractivity contribution is -0.123. The molecule has 0 saturated carbocycles. The van der Waals surface area contributed by atoms with Crippen molar-refractivity contribution in [2.24, 2.45) is 0 Å². The van der Waals surface area contributed by atoms with E-state index in [2.05, 4.69) is 5.32 Å². The van der Waals surface area contributed by atoms with Crippen molar-refractivity contribution in [1.82, 2.24) is 5.32 Å². The first-order chi connectivity index (χ1) is 6.37. The molecule has 0 saturated heterocycles. The van der Waals surface area contributed by atoms with E-state index in [1.165, 1.54) is 0 Å². The maximum absolute atomic E-state index is 11.3. The fourth-order valence-corrected chi connectivity index (χ4v) is 1.42. The quantitative estimate of drug-likeness (QED) is 0.667. The van der Waals surface area contributed by atoms with Gasteiger partial charge in [-0.25, -0.2) is 0 Å². The van der Waals surface area contributed by atoms with Crippen molar-refractivity contribution in [3.63, 3.8) is 0 Å². The van der Waals surface area contributed by atoms with Crippen LogP contribution in [0.1, 0.15) is 33.6 Å². The van der Waals surface area contributed by atoms with Crippen LogP contribution in [0.2, 0.25) is 0 Å². The van der Waals surface area contributed by atoms with Crippen LogP contribution in [0.3, 0.4) is 0 Å². The zero-order valence-electron chi connectivity index (χ0n) is 9.46. The average Bonchev–Trinajstić information content (AvgIpc) is 1.96. The lowest BCUT2D eigenvalue weighted by atomic mass is 9.97. The second-order valence-corrected chi connectivity index (χ2v) is 4.23. The van der Waals surface area contributed by atoms with Crippen molar-refractivity contribution < 1.29 is 14.6 Å². The fraction of sp³-hybridized carbons (Fsp3) is 0.900. The molecule has 1 atom stereocenters.